The van der Waals surface area contributed by atoms with Gasteiger partial charge in [0.05, 0.1) is 10.0 Å². The van der Waals surface area contributed by atoms with Crippen LogP contribution in [0.15, 0.2) is 24.4 Å². The zero-order chi connectivity index (χ0) is 12.4. The molecule has 0 aliphatic heterocycles. The summed E-state index contributed by atoms with van der Waals surface area (Å²) in [6.45, 7) is 2.03. The third-order valence-corrected chi connectivity index (χ3v) is 2.99. The summed E-state index contributed by atoms with van der Waals surface area (Å²) in [6.07, 6.45) is 2.53. The van der Waals surface area contributed by atoms with Gasteiger partial charge in [-0.25, -0.2) is 4.68 Å². The van der Waals surface area contributed by atoms with Crippen molar-refractivity contribution in [3.05, 3.63) is 45.7 Å². The molecule has 1 aromatic carbocycles. The van der Waals surface area contributed by atoms with Crippen molar-refractivity contribution in [3.63, 3.8) is 0 Å². The van der Waals surface area contributed by atoms with Crippen LogP contribution in [-0.4, -0.2) is 9.78 Å². The molecule has 0 bridgehead atoms. The quantitative estimate of drug-likeness (QED) is 0.833. The molecule has 0 atom stereocenters. The predicted octanol–water partition coefficient (Wildman–Crippen LogP) is 3.61. The highest BCUT2D eigenvalue weighted by Crippen LogP contribution is 2.30. The van der Waals surface area contributed by atoms with Gasteiger partial charge in [-0.3, -0.25) is 0 Å². The summed E-state index contributed by atoms with van der Waals surface area (Å²) in [6, 6.07) is 7.29. The lowest BCUT2D eigenvalue weighted by Crippen LogP contribution is -1.98. The van der Waals surface area contributed by atoms with Crippen LogP contribution in [0.3, 0.4) is 0 Å². The number of hydrogen-bond acceptors (Lipinski definition) is 2. The second-order valence-corrected chi connectivity index (χ2v) is 4.33. The average Bonchev–Trinajstić information content (AvgIpc) is 2.76. The van der Waals surface area contributed by atoms with Gasteiger partial charge in [0.15, 0.2) is 5.69 Å². The minimum absolute atomic E-state index is 0.330. The fourth-order valence-electron chi connectivity index (χ4n) is 1.55. The van der Waals surface area contributed by atoms with Gasteiger partial charge in [0, 0.05) is 6.20 Å². The van der Waals surface area contributed by atoms with E-state index in [1.807, 2.05) is 25.1 Å². The van der Waals surface area contributed by atoms with Gasteiger partial charge in [-0.15, -0.1) is 0 Å². The van der Waals surface area contributed by atoms with E-state index in [4.69, 9.17) is 28.5 Å². The van der Waals surface area contributed by atoms with Gasteiger partial charge in [0.1, 0.15) is 11.8 Å². The number of rotatable bonds is 2. The zero-order valence-corrected chi connectivity index (χ0v) is 10.6. The minimum Gasteiger partial charge on any atom is -0.237 e. The summed E-state index contributed by atoms with van der Waals surface area (Å²) >= 11 is 12.3. The van der Waals surface area contributed by atoms with Crippen LogP contribution < -0.4 is 0 Å². The van der Waals surface area contributed by atoms with Gasteiger partial charge in [0.2, 0.25) is 0 Å². The lowest BCUT2D eigenvalue weighted by molar-refractivity contribution is 0.872. The maximum Gasteiger partial charge on any atom is 0.162 e. The molecule has 1 heterocycles. The lowest BCUT2D eigenvalue weighted by atomic mass is 10.1. The molecule has 0 amide bonds. The third kappa shape index (κ3) is 2.28. The number of halogens is 2. The van der Waals surface area contributed by atoms with Gasteiger partial charge in [-0.2, -0.15) is 10.4 Å². The molecule has 0 N–H and O–H groups in total. The number of hydrogen-bond donors (Lipinski definition) is 0. The van der Waals surface area contributed by atoms with Crippen LogP contribution in [0, 0.1) is 11.3 Å². The molecule has 0 aliphatic carbocycles. The Kier molecular flexibility index (Phi) is 3.37. The number of aryl methyl sites for hydroxylation is 1. The van der Waals surface area contributed by atoms with E-state index in [0.29, 0.717) is 21.4 Å². The Balaban J connectivity index is 2.56. The normalized spacial score (nSPS) is 10.2. The van der Waals surface area contributed by atoms with Crippen molar-refractivity contribution >= 4 is 23.2 Å². The second-order valence-electron chi connectivity index (χ2n) is 3.52. The number of aromatic nitrogens is 2. The van der Waals surface area contributed by atoms with Crippen molar-refractivity contribution in [2.45, 2.75) is 13.3 Å². The first-order valence-electron chi connectivity index (χ1n) is 5.09. The van der Waals surface area contributed by atoms with Crippen molar-refractivity contribution in [2.75, 3.05) is 0 Å². The van der Waals surface area contributed by atoms with Crippen LogP contribution in [-0.2, 0) is 6.42 Å². The summed E-state index contributed by atoms with van der Waals surface area (Å²) < 4.78 is 1.52. The van der Waals surface area contributed by atoms with E-state index >= 15 is 0 Å². The Bertz CT molecular complexity index is 573. The molecule has 3 nitrogen and oxygen atoms in total. The maximum absolute atomic E-state index is 8.73. The molecule has 0 aliphatic rings. The number of nitriles is 1. The van der Waals surface area contributed by atoms with Gasteiger partial charge in [-0.05, 0) is 30.2 Å². The Morgan fingerprint density at radius 1 is 1.35 bits per heavy atom. The Morgan fingerprint density at radius 3 is 2.47 bits per heavy atom. The molecular weight excluding hydrogens is 257 g/mol. The van der Waals surface area contributed by atoms with Crippen LogP contribution >= 0.6 is 23.2 Å². The topological polar surface area (TPSA) is 41.6 Å². The molecule has 5 heteroatoms. The van der Waals surface area contributed by atoms with Crippen molar-refractivity contribution in [1.82, 2.24) is 9.78 Å². The standard InChI is InChI=1S/C12H9Cl2N3/c1-2-8-5-10(13)12(11(14)6-8)17-4-3-9(7-15)16-17/h3-6H,2H2,1H3. The molecule has 0 saturated carbocycles. The molecule has 0 saturated heterocycles. The van der Waals surface area contributed by atoms with E-state index in [0.717, 1.165) is 12.0 Å². The van der Waals surface area contributed by atoms with Gasteiger partial charge < -0.3 is 0 Å². The second kappa shape index (κ2) is 4.79. The summed E-state index contributed by atoms with van der Waals surface area (Å²) in [4.78, 5) is 0. The third-order valence-electron chi connectivity index (χ3n) is 2.42. The van der Waals surface area contributed by atoms with E-state index < -0.39 is 0 Å². The van der Waals surface area contributed by atoms with Crippen molar-refractivity contribution in [2.24, 2.45) is 0 Å². The summed E-state index contributed by atoms with van der Waals surface area (Å²) in [5.74, 6) is 0. The average molecular weight is 266 g/mol. The van der Waals surface area contributed by atoms with E-state index in [2.05, 4.69) is 5.10 Å². The maximum atomic E-state index is 8.73. The highest BCUT2D eigenvalue weighted by Gasteiger charge is 2.11. The highest BCUT2D eigenvalue weighted by molar-refractivity contribution is 6.37. The van der Waals surface area contributed by atoms with Gasteiger partial charge >= 0.3 is 0 Å². The van der Waals surface area contributed by atoms with Gasteiger partial charge in [-0.1, -0.05) is 30.1 Å². The van der Waals surface area contributed by atoms with Crippen LogP contribution in [0.5, 0.6) is 0 Å². The molecule has 86 valence electrons. The molecule has 0 unspecified atom stereocenters. The molecule has 0 fully saturated rings. The molecule has 0 spiro atoms. The van der Waals surface area contributed by atoms with E-state index in [9.17, 15) is 0 Å². The van der Waals surface area contributed by atoms with Crippen LogP contribution in [0.25, 0.3) is 5.69 Å². The monoisotopic (exact) mass is 265 g/mol. The molecule has 2 rings (SSSR count). The minimum atomic E-state index is 0.330. The first-order valence-corrected chi connectivity index (χ1v) is 5.85. The fourth-order valence-corrected chi connectivity index (χ4v) is 2.25. The number of benzene rings is 1. The van der Waals surface area contributed by atoms with Crippen molar-refractivity contribution in [1.29, 1.82) is 5.26 Å². The summed E-state index contributed by atoms with van der Waals surface area (Å²) in [5, 5.41) is 13.8. The van der Waals surface area contributed by atoms with E-state index in [-0.39, 0.29) is 0 Å². The molecule has 2 aromatic rings. The largest absolute Gasteiger partial charge is 0.237 e. The SMILES string of the molecule is CCc1cc(Cl)c(-n2ccc(C#N)n2)c(Cl)c1. The number of nitrogens with zero attached hydrogens (tertiary/aromatic N) is 3. The Labute approximate surface area is 109 Å². The predicted molar refractivity (Wildman–Crippen MR) is 67.7 cm³/mol. The van der Waals surface area contributed by atoms with Crippen molar-refractivity contribution < 1.29 is 0 Å². The fraction of sp³-hybridized carbons (Fsp3) is 0.167. The first kappa shape index (κ1) is 12.0. The molecule has 0 radical (unpaired) electrons. The Morgan fingerprint density at radius 2 is 2.00 bits per heavy atom. The smallest absolute Gasteiger partial charge is 0.162 e. The highest BCUT2D eigenvalue weighted by atomic mass is 35.5. The van der Waals surface area contributed by atoms with E-state index in [1.165, 1.54) is 4.68 Å². The van der Waals surface area contributed by atoms with Crippen molar-refractivity contribution in [3.8, 4) is 11.8 Å². The van der Waals surface area contributed by atoms with Crippen LogP contribution in [0.4, 0.5) is 0 Å². The van der Waals surface area contributed by atoms with Crippen LogP contribution in [0.2, 0.25) is 10.0 Å². The summed E-state index contributed by atoms with van der Waals surface area (Å²) in [7, 11) is 0. The van der Waals surface area contributed by atoms with Crippen LogP contribution in [0.1, 0.15) is 18.2 Å². The molecule has 17 heavy (non-hydrogen) atoms. The molecular formula is C12H9Cl2N3. The van der Waals surface area contributed by atoms with E-state index in [1.54, 1.807) is 12.3 Å². The molecule has 1 aromatic heterocycles. The Hall–Kier alpha value is -1.50. The first-order chi connectivity index (χ1) is 8.15. The zero-order valence-electron chi connectivity index (χ0n) is 9.11. The summed E-state index contributed by atoms with van der Waals surface area (Å²) in [5.41, 5.74) is 2.00. The van der Waals surface area contributed by atoms with Gasteiger partial charge in [0.25, 0.3) is 0 Å². The lowest BCUT2D eigenvalue weighted by Gasteiger charge is -2.08.